The summed E-state index contributed by atoms with van der Waals surface area (Å²) in [6, 6.07) is 8.32. The molecule has 2 amide bonds. The van der Waals surface area contributed by atoms with Crippen LogP contribution in [0.4, 0.5) is 0 Å². The molecule has 3 atom stereocenters. The fraction of sp³-hybridized carbons (Fsp3) is 0.357. The van der Waals surface area contributed by atoms with Crippen molar-refractivity contribution in [2.45, 2.75) is 24.8 Å². The first-order valence-electron chi connectivity index (χ1n) is 6.35. The van der Waals surface area contributed by atoms with Gasteiger partial charge < -0.3 is 16.2 Å². The molecule has 6 nitrogen and oxygen atoms in total. The van der Waals surface area contributed by atoms with E-state index < -0.39 is 24.3 Å². The minimum atomic E-state index is -1.26. The van der Waals surface area contributed by atoms with Crippen molar-refractivity contribution in [1.82, 2.24) is 5.32 Å². The molecule has 0 radical (unpaired) electrons. The number of nitrogens with one attached hydrogen (secondary N) is 1. The Hall–Kier alpha value is -2.37. The van der Waals surface area contributed by atoms with E-state index in [0.29, 0.717) is 6.42 Å². The summed E-state index contributed by atoms with van der Waals surface area (Å²) >= 11 is 0. The number of carbonyl (C=O) groups excluding carboxylic acids is 2. The number of benzene rings is 1. The zero-order valence-corrected chi connectivity index (χ0v) is 10.8. The Kier molecular flexibility index (Phi) is 4.02. The fourth-order valence-corrected chi connectivity index (χ4v) is 2.23. The molecular formula is C14H16N2O4. The largest absolute Gasteiger partial charge is 0.480 e. The van der Waals surface area contributed by atoms with Gasteiger partial charge in [-0.15, -0.1) is 0 Å². The molecule has 0 aliphatic heterocycles. The zero-order valence-electron chi connectivity index (χ0n) is 10.8. The van der Waals surface area contributed by atoms with Crippen LogP contribution in [0.2, 0.25) is 0 Å². The Morgan fingerprint density at radius 3 is 2.50 bits per heavy atom. The van der Waals surface area contributed by atoms with Gasteiger partial charge in [0.25, 0.3) is 0 Å². The first kappa shape index (κ1) is 14.0. The van der Waals surface area contributed by atoms with Crippen LogP contribution in [-0.4, -0.2) is 28.9 Å². The molecule has 0 heterocycles. The van der Waals surface area contributed by atoms with Gasteiger partial charge in [0.15, 0.2) is 0 Å². The van der Waals surface area contributed by atoms with Crippen LogP contribution in [0.15, 0.2) is 30.3 Å². The molecule has 1 aliphatic rings. The van der Waals surface area contributed by atoms with Gasteiger partial charge in [0.05, 0.1) is 6.42 Å². The predicted octanol–water partition coefficient (Wildman–Crippen LogP) is 0.235. The van der Waals surface area contributed by atoms with Gasteiger partial charge in [-0.25, -0.2) is 4.79 Å². The molecule has 2 rings (SSSR count). The smallest absolute Gasteiger partial charge is 0.326 e. The summed E-state index contributed by atoms with van der Waals surface area (Å²) in [5, 5.41) is 11.3. The van der Waals surface area contributed by atoms with E-state index in [1.54, 1.807) is 0 Å². The van der Waals surface area contributed by atoms with Gasteiger partial charge >= 0.3 is 5.97 Å². The monoisotopic (exact) mass is 276 g/mol. The molecule has 6 heteroatoms. The maximum atomic E-state index is 12.0. The van der Waals surface area contributed by atoms with Gasteiger partial charge in [-0.2, -0.15) is 0 Å². The molecule has 0 saturated heterocycles. The van der Waals surface area contributed by atoms with E-state index in [2.05, 4.69) is 5.32 Å². The van der Waals surface area contributed by atoms with Gasteiger partial charge in [0.2, 0.25) is 11.8 Å². The average Bonchev–Trinajstić information content (AvgIpc) is 3.18. The molecule has 1 aromatic carbocycles. The van der Waals surface area contributed by atoms with Crippen molar-refractivity contribution >= 4 is 17.8 Å². The van der Waals surface area contributed by atoms with Crippen molar-refractivity contribution in [3.63, 3.8) is 0 Å². The topological polar surface area (TPSA) is 109 Å². The van der Waals surface area contributed by atoms with Crippen molar-refractivity contribution in [2.24, 2.45) is 11.7 Å². The summed E-state index contributed by atoms with van der Waals surface area (Å²) in [4.78, 5) is 33.7. The van der Waals surface area contributed by atoms with Crippen LogP contribution >= 0.6 is 0 Å². The van der Waals surface area contributed by atoms with Gasteiger partial charge in [0.1, 0.15) is 6.04 Å². The lowest BCUT2D eigenvalue weighted by atomic mass is 10.1. The van der Waals surface area contributed by atoms with Crippen LogP contribution in [0.25, 0.3) is 0 Å². The number of primary amides is 1. The van der Waals surface area contributed by atoms with Crippen molar-refractivity contribution in [3.8, 4) is 0 Å². The summed E-state index contributed by atoms with van der Waals surface area (Å²) in [5.74, 6) is -2.46. The van der Waals surface area contributed by atoms with E-state index in [-0.39, 0.29) is 17.7 Å². The standard InChI is InChI=1S/C14H16N2O4/c15-12(17)7-11(14(19)20)16-13(18)10-6-9(10)8-4-2-1-3-5-8/h1-5,9-11H,6-7H2,(H2,15,17)(H,16,18)(H,19,20)/t9?,10?,11-/m0/s1. The maximum absolute atomic E-state index is 12.0. The number of amides is 2. The van der Waals surface area contributed by atoms with Crippen molar-refractivity contribution in [2.75, 3.05) is 0 Å². The van der Waals surface area contributed by atoms with E-state index in [1.165, 1.54) is 0 Å². The molecule has 1 aliphatic carbocycles. The van der Waals surface area contributed by atoms with Crippen molar-refractivity contribution in [1.29, 1.82) is 0 Å². The molecule has 2 unspecified atom stereocenters. The zero-order chi connectivity index (χ0) is 14.7. The number of carboxylic acid groups (broad SMARTS) is 1. The number of aliphatic carboxylic acids is 1. The van der Waals surface area contributed by atoms with Gasteiger partial charge in [-0.3, -0.25) is 9.59 Å². The number of hydrogen-bond donors (Lipinski definition) is 3. The van der Waals surface area contributed by atoms with E-state index in [0.717, 1.165) is 5.56 Å². The normalized spacial score (nSPS) is 21.8. The van der Waals surface area contributed by atoms with Crippen LogP contribution in [0, 0.1) is 5.92 Å². The minimum absolute atomic E-state index is 0.124. The molecule has 1 saturated carbocycles. The highest BCUT2D eigenvalue weighted by Crippen LogP contribution is 2.47. The average molecular weight is 276 g/mol. The third-order valence-electron chi connectivity index (χ3n) is 3.37. The Morgan fingerprint density at radius 1 is 1.30 bits per heavy atom. The SMILES string of the molecule is NC(=O)C[C@H](NC(=O)C1CC1c1ccccc1)C(=O)O. The lowest BCUT2D eigenvalue weighted by Gasteiger charge is -2.12. The molecule has 1 fully saturated rings. The summed E-state index contributed by atoms with van der Waals surface area (Å²) in [6.07, 6.45) is 0.294. The predicted molar refractivity (Wildman–Crippen MR) is 70.7 cm³/mol. The molecule has 0 aromatic heterocycles. The minimum Gasteiger partial charge on any atom is -0.480 e. The highest BCUT2D eigenvalue weighted by Gasteiger charge is 2.44. The van der Waals surface area contributed by atoms with Crippen LogP contribution in [-0.2, 0) is 14.4 Å². The Morgan fingerprint density at radius 2 is 1.95 bits per heavy atom. The van der Waals surface area contributed by atoms with Crippen LogP contribution in [0.1, 0.15) is 24.3 Å². The molecule has 1 aromatic rings. The molecule has 0 bridgehead atoms. The van der Waals surface area contributed by atoms with Crippen LogP contribution in [0.3, 0.4) is 0 Å². The highest BCUT2D eigenvalue weighted by atomic mass is 16.4. The molecular weight excluding hydrogens is 260 g/mol. The van der Waals surface area contributed by atoms with Crippen molar-refractivity contribution < 1.29 is 19.5 Å². The first-order valence-corrected chi connectivity index (χ1v) is 6.35. The maximum Gasteiger partial charge on any atom is 0.326 e. The van der Waals surface area contributed by atoms with E-state index in [9.17, 15) is 14.4 Å². The summed E-state index contributed by atoms with van der Waals surface area (Å²) in [6.45, 7) is 0. The fourth-order valence-electron chi connectivity index (χ4n) is 2.23. The van der Waals surface area contributed by atoms with E-state index in [4.69, 9.17) is 10.8 Å². The van der Waals surface area contributed by atoms with Crippen LogP contribution in [0.5, 0.6) is 0 Å². The summed E-state index contributed by atoms with van der Waals surface area (Å²) < 4.78 is 0. The Balaban J connectivity index is 1.93. The second-order valence-electron chi connectivity index (χ2n) is 4.93. The summed E-state index contributed by atoms with van der Waals surface area (Å²) in [5.41, 5.74) is 6.03. The third-order valence-corrected chi connectivity index (χ3v) is 3.37. The quantitative estimate of drug-likeness (QED) is 0.691. The van der Waals surface area contributed by atoms with Crippen molar-refractivity contribution in [3.05, 3.63) is 35.9 Å². The van der Waals surface area contributed by atoms with E-state index >= 15 is 0 Å². The number of rotatable bonds is 6. The van der Waals surface area contributed by atoms with E-state index in [1.807, 2.05) is 30.3 Å². The van der Waals surface area contributed by atoms with Crippen LogP contribution < -0.4 is 11.1 Å². The summed E-state index contributed by atoms with van der Waals surface area (Å²) in [7, 11) is 0. The molecule has 0 spiro atoms. The lowest BCUT2D eigenvalue weighted by Crippen LogP contribution is -2.44. The van der Waals surface area contributed by atoms with Gasteiger partial charge in [0, 0.05) is 5.92 Å². The highest BCUT2D eigenvalue weighted by molar-refractivity contribution is 5.90. The number of carbonyl (C=O) groups is 3. The van der Waals surface area contributed by atoms with Gasteiger partial charge in [-0.05, 0) is 17.9 Å². The third kappa shape index (κ3) is 3.34. The number of carboxylic acids is 1. The number of hydrogen-bond acceptors (Lipinski definition) is 3. The Bertz CT molecular complexity index is 529. The number of nitrogens with two attached hydrogens (primary N) is 1. The second kappa shape index (κ2) is 5.73. The Labute approximate surface area is 116 Å². The molecule has 106 valence electrons. The first-order chi connectivity index (χ1) is 9.49. The second-order valence-corrected chi connectivity index (χ2v) is 4.93. The molecule has 4 N–H and O–H groups in total. The molecule has 20 heavy (non-hydrogen) atoms. The lowest BCUT2D eigenvalue weighted by molar-refractivity contribution is -0.143. The van der Waals surface area contributed by atoms with Gasteiger partial charge in [-0.1, -0.05) is 30.3 Å².